The van der Waals surface area contributed by atoms with Crippen LogP contribution in [0.5, 0.6) is 0 Å². The number of hydrogen-bond acceptors (Lipinski definition) is 2. The summed E-state index contributed by atoms with van der Waals surface area (Å²) in [6, 6.07) is 12.5. The minimum atomic E-state index is 1.01. The van der Waals surface area contributed by atoms with Crippen molar-refractivity contribution in [1.29, 1.82) is 0 Å². The highest BCUT2D eigenvalue weighted by Crippen LogP contribution is 2.24. The van der Waals surface area contributed by atoms with Gasteiger partial charge in [-0.2, -0.15) is 0 Å². The highest BCUT2D eigenvalue weighted by atomic mass is 15.1. The van der Waals surface area contributed by atoms with Crippen molar-refractivity contribution in [1.82, 2.24) is 9.38 Å². The van der Waals surface area contributed by atoms with Gasteiger partial charge in [0.05, 0.1) is 11.4 Å². The van der Waals surface area contributed by atoms with Gasteiger partial charge >= 0.3 is 0 Å². The zero-order valence-corrected chi connectivity index (χ0v) is 12.2. The van der Waals surface area contributed by atoms with E-state index < -0.39 is 0 Å². The Morgan fingerprint density at radius 1 is 1.10 bits per heavy atom. The van der Waals surface area contributed by atoms with Crippen molar-refractivity contribution >= 4 is 11.3 Å². The van der Waals surface area contributed by atoms with Gasteiger partial charge in [-0.05, 0) is 18.1 Å². The maximum Gasteiger partial charge on any atom is 0.137 e. The van der Waals surface area contributed by atoms with Gasteiger partial charge in [-0.3, -0.25) is 0 Å². The summed E-state index contributed by atoms with van der Waals surface area (Å²) < 4.78 is 2.11. The molecule has 0 unspecified atom stereocenters. The Hall–Kier alpha value is -2.29. The molecule has 0 amide bonds. The van der Waals surface area contributed by atoms with Crippen LogP contribution in [0, 0.1) is 0 Å². The van der Waals surface area contributed by atoms with Gasteiger partial charge in [0.1, 0.15) is 5.65 Å². The van der Waals surface area contributed by atoms with Crippen LogP contribution in [-0.4, -0.2) is 23.5 Å². The molecule has 0 aliphatic rings. The third kappa shape index (κ3) is 2.16. The van der Waals surface area contributed by atoms with Crippen LogP contribution >= 0.6 is 0 Å². The summed E-state index contributed by atoms with van der Waals surface area (Å²) in [5.41, 5.74) is 5.75. The number of aromatic nitrogens is 2. The lowest BCUT2D eigenvalue weighted by Crippen LogP contribution is -2.12. The maximum absolute atomic E-state index is 4.74. The lowest BCUT2D eigenvalue weighted by molar-refractivity contribution is 1.03. The number of benzene rings is 1. The number of imidazole rings is 1. The molecule has 0 aliphatic carbocycles. The predicted molar refractivity (Wildman–Crippen MR) is 84.3 cm³/mol. The first-order chi connectivity index (χ1) is 9.69. The van der Waals surface area contributed by atoms with Crippen molar-refractivity contribution in [3.05, 3.63) is 54.4 Å². The molecule has 2 aromatic heterocycles. The van der Waals surface area contributed by atoms with Crippen LogP contribution < -0.4 is 4.90 Å². The Kier molecular flexibility index (Phi) is 3.18. The second kappa shape index (κ2) is 5.00. The monoisotopic (exact) mass is 265 g/mol. The van der Waals surface area contributed by atoms with Crippen molar-refractivity contribution in [2.24, 2.45) is 0 Å². The van der Waals surface area contributed by atoms with Gasteiger partial charge in [-0.15, -0.1) is 0 Å². The van der Waals surface area contributed by atoms with Gasteiger partial charge in [0, 0.05) is 32.1 Å². The normalized spacial score (nSPS) is 10.9. The molecule has 20 heavy (non-hydrogen) atoms. The Morgan fingerprint density at radius 3 is 2.50 bits per heavy atom. The second-order valence-corrected chi connectivity index (χ2v) is 5.19. The summed E-state index contributed by atoms with van der Waals surface area (Å²) in [4.78, 5) is 6.89. The van der Waals surface area contributed by atoms with E-state index in [4.69, 9.17) is 4.98 Å². The topological polar surface area (TPSA) is 20.5 Å². The van der Waals surface area contributed by atoms with Crippen LogP contribution in [0.2, 0.25) is 0 Å². The Morgan fingerprint density at radius 2 is 1.85 bits per heavy atom. The van der Waals surface area contributed by atoms with E-state index in [0.717, 1.165) is 23.3 Å². The van der Waals surface area contributed by atoms with Gasteiger partial charge in [0.2, 0.25) is 0 Å². The van der Waals surface area contributed by atoms with Crippen molar-refractivity contribution in [3.8, 4) is 11.3 Å². The van der Waals surface area contributed by atoms with E-state index in [-0.39, 0.29) is 0 Å². The summed E-state index contributed by atoms with van der Waals surface area (Å²) in [5.74, 6) is 0. The average molecular weight is 265 g/mol. The number of aryl methyl sites for hydroxylation is 1. The second-order valence-electron chi connectivity index (χ2n) is 5.19. The van der Waals surface area contributed by atoms with Crippen LogP contribution in [0.3, 0.4) is 0 Å². The Balaban J connectivity index is 2.16. The lowest BCUT2D eigenvalue weighted by atomic mass is 10.1. The van der Waals surface area contributed by atoms with Crippen molar-refractivity contribution < 1.29 is 0 Å². The molecule has 0 fully saturated rings. The zero-order valence-electron chi connectivity index (χ0n) is 12.2. The molecule has 0 saturated carbocycles. The van der Waals surface area contributed by atoms with Crippen LogP contribution in [0.1, 0.15) is 12.5 Å². The average Bonchev–Trinajstić information content (AvgIpc) is 2.89. The largest absolute Gasteiger partial charge is 0.376 e. The zero-order chi connectivity index (χ0) is 14.1. The number of pyridine rings is 1. The van der Waals surface area contributed by atoms with E-state index >= 15 is 0 Å². The fourth-order valence-corrected chi connectivity index (χ4v) is 2.50. The van der Waals surface area contributed by atoms with E-state index in [1.807, 2.05) is 18.2 Å². The maximum atomic E-state index is 4.74. The molecule has 3 heteroatoms. The highest BCUT2D eigenvalue weighted by Gasteiger charge is 2.09. The van der Waals surface area contributed by atoms with Crippen LogP contribution in [-0.2, 0) is 6.42 Å². The molecular weight excluding hydrogens is 246 g/mol. The molecular formula is C17H19N3. The molecule has 0 N–H and O–H groups in total. The molecule has 3 rings (SSSR count). The van der Waals surface area contributed by atoms with E-state index in [1.54, 1.807) is 0 Å². The fraction of sp³-hybridized carbons (Fsp3) is 0.235. The molecule has 3 nitrogen and oxygen atoms in total. The number of rotatable bonds is 3. The van der Waals surface area contributed by atoms with Gasteiger partial charge in [-0.25, -0.2) is 4.98 Å². The van der Waals surface area contributed by atoms with Crippen LogP contribution in [0.25, 0.3) is 16.9 Å². The molecule has 0 atom stereocenters. The summed E-state index contributed by atoms with van der Waals surface area (Å²) >= 11 is 0. The van der Waals surface area contributed by atoms with Crippen molar-refractivity contribution in [2.75, 3.05) is 19.0 Å². The summed E-state index contributed by atoms with van der Waals surface area (Å²) in [6.45, 7) is 2.18. The minimum absolute atomic E-state index is 1.01. The van der Waals surface area contributed by atoms with Crippen molar-refractivity contribution in [3.63, 3.8) is 0 Å². The first-order valence-electron chi connectivity index (χ1n) is 6.93. The first kappa shape index (κ1) is 12.7. The summed E-state index contributed by atoms with van der Waals surface area (Å²) in [5, 5.41) is 0. The van der Waals surface area contributed by atoms with E-state index in [2.05, 4.69) is 60.9 Å². The summed E-state index contributed by atoms with van der Waals surface area (Å²) in [6.07, 6.45) is 5.27. The third-order valence-electron chi connectivity index (χ3n) is 3.59. The van der Waals surface area contributed by atoms with E-state index in [1.165, 1.54) is 11.3 Å². The quantitative estimate of drug-likeness (QED) is 0.721. The molecule has 0 aliphatic heterocycles. The number of anilines is 1. The summed E-state index contributed by atoms with van der Waals surface area (Å²) in [7, 11) is 4.16. The third-order valence-corrected chi connectivity index (χ3v) is 3.59. The molecule has 0 radical (unpaired) electrons. The van der Waals surface area contributed by atoms with Gasteiger partial charge in [0.15, 0.2) is 0 Å². The van der Waals surface area contributed by atoms with E-state index in [0.29, 0.717) is 0 Å². The van der Waals surface area contributed by atoms with Gasteiger partial charge in [0.25, 0.3) is 0 Å². The predicted octanol–water partition coefficient (Wildman–Crippen LogP) is 3.63. The van der Waals surface area contributed by atoms with Gasteiger partial charge in [-0.1, -0.05) is 37.3 Å². The molecule has 0 spiro atoms. The smallest absolute Gasteiger partial charge is 0.137 e. The Labute approximate surface area is 119 Å². The van der Waals surface area contributed by atoms with Crippen LogP contribution in [0.4, 0.5) is 5.69 Å². The number of fused-ring (bicyclic) bond motifs is 1. The lowest BCUT2D eigenvalue weighted by Gasteiger charge is -2.16. The van der Waals surface area contributed by atoms with Crippen LogP contribution in [0.15, 0.2) is 48.8 Å². The van der Waals surface area contributed by atoms with E-state index in [9.17, 15) is 0 Å². The molecule has 1 aromatic carbocycles. The first-order valence-corrected chi connectivity index (χ1v) is 6.93. The number of nitrogens with zero attached hydrogens (tertiary/aromatic N) is 3. The Bertz CT molecular complexity index is 727. The van der Waals surface area contributed by atoms with Gasteiger partial charge < -0.3 is 9.30 Å². The molecule has 0 bridgehead atoms. The molecule has 102 valence electrons. The SMILES string of the molecule is CCc1cc2nc(-c3ccccc3)cn2cc1N(C)C. The molecule has 2 heterocycles. The molecule has 3 aromatic rings. The fourth-order valence-electron chi connectivity index (χ4n) is 2.50. The number of hydrogen-bond donors (Lipinski definition) is 0. The minimum Gasteiger partial charge on any atom is -0.376 e. The van der Waals surface area contributed by atoms with Crippen molar-refractivity contribution in [2.45, 2.75) is 13.3 Å². The highest BCUT2D eigenvalue weighted by molar-refractivity contribution is 5.65. The molecule has 0 saturated heterocycles. The standard InChI is InChI=1S/C17H19N3/c1-4-13-10-17-18-15(14-8-6-5-7-9-14)11-20(17)12-16(13)19(2)3/h5-12H,4H2,1-3H3.